The van der Waals surface area contributed by atoms with Crippen molar-refractivity contribution in [3.63, 3.8) is 0 Å². The fourth-order valence-electron chi connectivity index (χ4n) is 7.64. The maximum absolute atomic E-state index is 6.51. The summed E-state index contributed by atoms with van der Waals surface area (Å²) in [4.78, 5) is 0. The van der Waals surface area contributed by atoms with E-state index in [0.29, 0.717) is 6.54 Å². The highest BCUT2D eigenvalue weighted by Gasteiger charge is 2.40. The van der Waals surface area contributed by atoms with E-state index in [2.05, 4.69) is 127 Å². The topological polar surface area (TPSA) is 53.3 Å². The minimum atomic E-state index is -0.241. The number of nitrogens with two attached hydrogens (primary N) is 1. The average Bonchev–Trinajstić information content (AvgIpc) is 3.23. The first-order chi connectivity index (χ1) is 21.5. The lowest BCUT2D eigenvalue weighted by atomic mass is 9.79. The number of hydrogen-bond donors (Lipinski definition) is 3. The molecule has 2 aliphatic heterocycles. The summed E-state index contributed by atoms with van der Waals surface area (Å²) in [5, 5.41) is 6.23. The van der Waals surface area contributed by atoms with Gasteiger partial charge >= 0.3 is 0 Å². The van der Waals surface area contributed by atoms with Gasteiger partial charge in [0, 0.05) is 36.3 Å². The Balaban J connectivity index is 1.24. The minimum Gasteiger partial charge on any atom is -0.404 e. The van der Waals surface area contributed by atoms with Crippen LogP contribution in [0.15, 0.2) is 143 Å². The Hall–Kier alpha value is -4.54. The lowest BCUT2D eigenvalue weighted by Crippen LogP contribution is -2.38. The molecule has 4 heteroatoms. The van der Waals surface area contributed by atoms with E-state index in [1.165, 1.54) is 61.6 Å². The molecule has 0 aromatic heterocycles. The van der Waals surface area contributed by atoms with Gasteiger partial charge in [-0.1, -0.05) is 105 Å². The number of para-hydroxylation sites is 2. The summed E-state index contributed by atoms with van der Waals surface area (Å²) >= 11 is 0. The molecule has 1 atom stereocenters. The summed E-state index contributed by atoms with van der Waals surface area (Å²) in [7, 11) is 0. The van der Waals surface area contributed by atoms with Crippen molar-refractivity contribution in [1.82, 2.24) is 10.7 Å². The molecule has 0 bridgehead atoms. The molecule has 3 aromatic carbocycles. The van der Waals surface area contributed by atoms with Gasteiger partial charge in [-0.2, -0.15) is 0 Å². The van der Waals surface area contributed by atoms with Gasteiger partial charge in [-0.3, -0.25) is 5.01 Å². The summed E-state index contributed by atoms with van der Waals surface area (Å²) in [6.45, 7) is 9.54. The summed E-state index contributed by atoms with van der Waals surface area (Å²) in [6, 6.07) is 26.4. The van der Waals surface area contributed by atoms with Crippen LogP contribution in [-0.4, -0.2) is 12.6 Å². The Kier molecular flexibility index (Phi) is 7.39. The van der Waals surface area contributed by atoms with Gasteiger partial charge in [0.1, 0.15) is 0 Å². The fourth-order valence-corrected chi connectivity index (χ4v) is 7.64. The molecule has 2 aliphatic carbocycles. The Morgan fingerprint density at radius 1 is 0.932 bits per heavy atom. The molecule has 4 nitrogen and oxygen atoms in total. The number of anilines is 2. The zero-order valence-electron chi connectivity index (χ0n) is 25.9. The molecule has 7 rings (SSSR count). The van der Waals surface area contributed by atoms with Crippen molar-refractivity contribution in [3.05, 3.63) is 166 Å². The zero-order valence-corrected chi connectivity index (χ0v) is 25.9. The van der Waals surface area contributed by atoms with Gasteiger partial charge in [0.25, 0.3) is 0 Å². The standard InChI is InChI=1S/C40H42N4/c1-4-35-34(26-42-44-38-19-11-8-16-30(38)22-31-17-9-12-20-39(31)44)33(25-41)36(40(35,2)3)24-32-23-28-14-6-5-13-27(28)21-29-15-7-10-18-37(29)43-32/h4-9,11-17,19-20,24-25,32,42-43H,1,10,18,21-23,26,41H2,2-3H3/b33-25-,36-24+. The van der Waals surface area contributed by atoms with Crippen LogP contribution in [0.2, 0.25) is 0 Å². The van der Waals surface area contributed by atoms with Crippen molar-refractivity contribution in [2.75, 3.05) is 11.6 Å². The molecule has 44 heavy (non-hydrogen) atoms. The van der Waals surface area contributed by atoms with Crippen LogP contribution in [0.25, 0.3) is 0 Å². The molecule has 4 aliphatic rings. The second-order valence-electron chi connectivity index (χ2n) is 12.8. The van der Waals surface area contributed by atoms with Crippen molar-refractivity contribution < 1.29 is 0 Å². The van der Waals surface area contributed by atoms with Crippen LogP contribution >= 0.6 is 0 Å². The number of nitrogens with one attached hydrogen (secondary N) is 2. The predicted molar refractivity (Wildman–Crippen MR) is 183 cm³/mol. The van der Waals surface area contributed by atoms with E-state index >= 15 is 0 Å². The third kappa shape index (κ3) is 4.93. The normalized spacial score (nSPS) is 22.1. The van der Waals surface area contributed by atoms with E-state index < -0.39 is 0 Å². The van der Waals surface area contributed by atoms with Crippen molar-refractivity contribution in [2.24, 2.45) is 11.1 Å². The van der Waals surface area contributed by atoms with Crippen molar-refractivity contribution >= 4 is 11.4 Å². The molecule has 3 aromatic rings. The number of allylic oxidation sites excluding steroid dienone is 7. The monoisotopic (exact) mass is 578 g/mol. The van der Waals surface area contributed by atoms with E-state index in [1.807, 2.05) is 12.3 Å². The van der Waals surface area contributed by atoms with Crippen LogP contribution in [-0.2, 0) is 19.3 Å². The van der Waals surface area contributed by atoms with Crippen LogP contribution in [0.4, 0.5) is 11.4 Å². The number of hydrazine groups is 1. The van der Waals surface area contributed by atoms with E-state index in [1.54, 1.807) is 0 Å². The summed E-state index contributed by atoms with van der Waals surface area (Å²) in [5.41, 5.74) is 25.5. The fraction of sp³-hybridized carbons (Fsp3) is 0.250. The highest BCUT2D eigenvalue weighted by molar-refractivity contribution is 5.74. The maximum Gasteiger partial charge on any atom is 0.0613 e. The van der Waals surface area contributed by atoms with Crippen LogP contribution in [0, 0.1) is 5.41 Å². The van der Waals surface area contributed by atoms with E-state index in [4.69, 9.17) is 5.73 Å². The van der Waals surface area contributed by atoms with E-state index in [0.717, 1.165) is 37.7 Å². The molecule has 0 radical (unpaired) electrons. The largest absolute Gasteiger partial charge is 0.404 e. The van der Waals surface area contributed by atoms with Crippen LogP contribution < -0.4 is 21.5 Å². The number of fused-ring (bicyclic) bond motifs is 3. The number of benzene rings is 3. The Morgan fingerprint density at radius 2 is 1.59 bits per heavy atom. The number of rotatable bonds is 5. The third-order valence-electron chi connectivity index (χ3n) is 9.85. The predicted octanol–water partition coefficient (Wildman–Crippen LogP) is 7.89. The number of nitrogens with zero attached hydrogens (tertiary/aromatic N) is 1. The van der Waals surface area contributed by atoms with Gasteiger partial charge in [0.05, 0.1) is 11.4 Å². The molecule has 0 saturated carbocycles. The van der Waals surface area contributed by atoms with Crippen molar-refractivity contribution in [2.45, 2.75) is 52.0 Å². The first-order valence-electron chi connectivity index (χ1n) is 15.9. The quantitative estimate of drug-likeness (QED) is 0.288. The summed E-state index contributed by atoms with van der Waals surface area (Å²) < 4.78 is 0. The molecule has 4 N–H and O–H groups in total. The van der Waals surface area contributed by atoms with Crippen LogP contribution in [0.1, 0.15) is 48.9 Å². The molecule has 0 saturated heterocycles. The molecular formula is C40H42N4. The molecule has 0 spiro atoms. The van der Waals surface area contributed by atoms with Gasteiger partial charge in [0.15, 0.2) is 0 Å². The van der Waals surface area contributed by atoms with Gasteiger partial charge in [-0.25, -0.2) is 5.43 Å². The molecule has 0 amide bonds. The highest BCUT2D eigenvalue weighted by atomic mass is 15.5. The highest BCUT2D eigenvalue weighted by Crippen LogP contribution is 2.50. The second kappa shape index (κ2) is 11.5. The molecule has 222 valence electrons. The van der Waals surface area contributed by atoms with Crippen molar-refractivity contribution in [1.29, 1.82) is 0 Å². The van der Waals surface area contributed by atoms with Crippen LogP contribution in [0.5, 0.6) is 0 Å². The number of hydrogen-bond acceptors (Lipinski definition) is 4. The molecule has 2 heterocycles. The van der Waals surface area contributed by atoms with Gasteiger partial charge in [0.2, 0.25) is 0 Å². The third-order valence-corrected chi connectivity index (χ3v) is 9.85. The van der Waals surface area contributed by atoms with Gasteiger partial charge in [-0.05, 0) is 87.9 Å². The van der Waals surface area contributed by atoms with Crippen molar-refractivity contribution in [3.8, 4) is 0 Å². The lowest BCUT2D eigenvalue weighted by Gasteiger charge is -2.34. The van der Waals surface area contributed by atoms with Gasteiger partial charge in [-0.15, -0.1) is 0 Å². The van der Waals surface area contributed by atoms with E-state index in [9.17, 15) is 0 Å². The first-order valence-corrected chi connectivity index (χ1v) is 15.9. The molecule has 1 unspecified atom stereocenters. The zero-order chi connectivity index (χ0) is 30.3. The summed E-state index contributed by atoms with van der Waals surface area (Å²) in [5.74, 6) is 0. The van der Waals surface area contributed by atoms with E-state index in [-0.39, 0.29) is 11.5 Å². The minimum absolute atomic E-state index is 0.149. The molecular weight excluding hydrogens is 536 g/mol. The SMILES string of the molecule is C=CC1=C(CNN2c3ccccc3Cc3ccccc32)C(=C/N)/C(=C\C2Cc3ccccc3CC3=C(CCC=C3)N2)C1(C)C. The summed E-state index contributed by atoms with van der Waals surface area (Å²) in [6.07, 6.45) is 15.9. The lowest BCUT2D eigenvalue weighted by molar-refractivity contribution is 0.557. The maximum atomic E-state index is 6.51. The Bertz CT molecular complexity index is 1730. The smallest absolute Gasteiger partial charge is 0.0613 e. The Morgan fingerprint density at radius 3 is 2.27 bits per heavy atom. The molecule has 0 fully saturated rings. The average molecular weight is 579 g/mol. The second-order valence-corrected chi connectivity index (χ2v) is 12.8. The first kappa shape index (κ1) is 28.2. The Labute approximate surface area is 262 Å². The van der Waals surface area contributed by atoms with Crippen LogP contribution in [0.3, 0.4) is 0 Å². The van der Waals surface area contributed by atoms with Gasteiger partial charge < -0.3 is 11.1 Å².